The maximum absolute atomic E-state index is 12.9. The third-order valence-corrected chi connectivity index (χ3v) is 10.3. The molecule has 1 aliphatic heterocycles. The lowest BCUT2D eigenvalue weighted by molar-refractivity contribution is 0.0768. The van der Waals surface area contributed by atoms with Crippen molar-refractivity contribution in [1.29, 1.82) is 0 Å². The van der Waals surface area contributed by atoms with E-state index in [1.54, 1.807) is 36.2 Å². The van der Waals surface area contributed by atoms with E-state index in [1.807, 2.05) is 24.3 Å². The summed E-state index contributed by atoms with van der Waals surface area (Å²) in [6.07, 6.45) is 12.5. The fourth-order valence-corrected chi connectivity index (χ4v) is 7.22. The Morgan fingerprint density at radius 2 is 1.73 bits per heavy atom. The monoisotopic (exact) mass is 709 g/mol. The lowest BCUT2D eigenvalue weighted by Crippen LogP contribution is -2.43. The molecule has 4 N–H and O–H groups in total. The van der Waals surface area contributed by atoms with Crippen LogP contribution in [0.15, 0.2) is 59.1 Å². The summed E-state index contributed by atoms with van der Waals surface area (Å²) in [7, 11) is 1.79. The first kappa shape index (κ1) is 37.4. The van der Waals surface area contributed by atoms with Gasteiger partial charge in [0.1, 0.15) is 17.3 Å². The third-order valence-electron chi connectivity index (χ3n) is 10.3. The van der Waals surface area contributed by atoms with Gasteiger partial charge in [-0.05, 0) is 76.4 Å². The largest absolute Gasteiger partial charge is 0.367 e. The van der Waals surface area contributed by atoms with Crippen molar-refractivity contribution < 1.29 is 14.1 Å². The summed E-state index contributed by atoms with van der Waals surface area (Å²) in [6.45, 7) is 6.79. The molecule has 0 bridgehead atoms. The van der Waals surface area contributed by atoms with Gasteiger partial charge in [0.25, 0.3) is 5.91 Å². The zero-order chi connectivity index (χ0) is 36.0. The van der Waals surface area contributed by atoms with E-state index in [4.69, 9.17) is 14.5 Å². The Kier molecular flexibility index (Phi) is 14.0. The van der Waals surface area contributed by atoms with Crippen molar-refractivity contribution in [2.45, 2.75) is 82.8 Å². The van der Waals surface area contributed by atoms with E-state index in [1.165, 1.54) is 32.1 Å². The molecule has 2 aromatic carbocycles. The second-order valence-electron chi connectivity index (χ2n) is 14.2. The molecule has 2 fully saturated rings. The lowest BCUT2D eigenvalue weighted by Gasteiger charge is -2.33. The number of nitrogens with one attached hydrogen (secondary N) is 4. The Morgan fingerprint density at radius 3 is 2.58 bits per heavy atom. The van der Waals surface area contributed by atoms with Crippen molar-refractivity contribution in [2.24, 2.45) is 0 Å². The fraction of sp³-hybridized carbons (Fsp3) is 0.525. The highest BCUT2D eigenvalue weighted by atomic mass is 16.5. The van der Waals surface area contributed by atoms with Crippen LogP contribution in [-0.2, 0) is 13.0 Å². The average molecular weight is 710 g/mol. The number of anilines is 2. The second kappa shape index (κ2) is 19.4. The molecule has 2 aromatic heterocycles. The number of fused-ring (bicyclic) bond motifs is 1. The number of aromatic nitrogens is 3. The Balaban J connectivity index is 0.917. The third kappa shape index (κ3) is 10.8. The van der Waals surface area contributed by atoms with Crippen LogP contribution in [0.1, 0.15) is 90.0 Å². The summed E-state index contributed by atoms with van der Waals surface area (Å²) in [4.78, 5) is 38.1. The van der Waals surface area contributed by atoms with Crippen molar-refractivity contribution in [3.63, 3.8) is 0 Å². The highest BCUT2D eigenvalue weighted by Crippen LogP contribution is 2.25. The van der Waals surface area contributed by atoms with Crippen LogP contribution in [0.4, 0.5) is 11.8 Å². The summed E-state index contributed by atoms with van der Waals surface area (Å²) in [6, 6.07) is 18.0. The van der Waals surface area contributed by atoms with Gasteiger partial charge in [-0.2, -0.15) is 4.98 Å². The number of aldehydes is 1. The van der Waals surface area contributed by atoms with Gasteiger partial charge in [0, 0.05) is 68.7 Å². The first-order valence-electron chi connectivity index (χ1n) is 19.2. The van der Waals surface area contributed by atoms with Crippen molar-refractivity contribution in [3.05, 3.63) is 77.2 Å². The molecule has 1 saturated carbocycles. The molecular weight excluding hydrogens is 655 g/mol. The maximum atomic E-state index is 12.9. The smallest absolute Gasteiger partial charge is 0.254 e. The zero-order valence-corrected chi connectivity index (χ0v) is 30.6. The molecule has 6 rings (SSSR count). The number of benzene rings is 2. The summed E-state index contributed by atoms with van der Waals surface area (Å²) >= 11 is 0. The molecule has 0 unspecified atom stereocenters. The maximum Gasteiger partial charge on any atom is 0.254 e. The van der Waals surface area contributed by atoms with E-state index in [-0.39, 0.29) is 11.9 Å². The molecule has 2 aliphatic rings. The molecule has 1 amide bonds. The van der Waals surface area contributed by atoms with Gasteiger partial charge in [0.2, 0.25) is 5.95 Å². The molecule has 12 nitrogen and oxygen atoms in total. The Morgan fingerprint density at radius 1 is 0.942 bits per heavy atom. The highest BCUT2D eigenvalue weighted by molar-refractivity contribution is 6.01. The van der Waals surface area contributed by atoms with Crippen LogP contribution in [0.5, 0.6) is 0 Å². The first-order valence-corrected chi connectivity index (χ1v) is 19.2. The molecule has 0 atom stereocenters. The van der Waals surface area contributed by atoms with E-state index < -0.39 is 0 Å². The van der Waals surface area contributed by atoms with Crippen LogP contribution in [-0.4, -0.2) is 102 Å². The van der Waals surface area contributed by atoms with E-state index >= 15 is 0 Å². The Bertz CT molecular complexity index is 1720. The number of carbonyl (C=O) groups excluding carboxylic acids is 2. The van der Waals surface area contributed by atoms with Gasteiger partial charge in [0.05, 0.1) is 17.6 Å². The number of carbonyl (C=O) groups is 2. The van der Waals surface area contributed by atoms with Gasteiger partial charge in [-0.15, -0.1) is 0 Å². The van der Waals surface area contributed by atoms with Crippen LogP contribution < -0.4 is 21.3 Å². The Labute approximate surface area is 307 Å². The molecule has 0 spiro atoms. The average Bonchev–Trinajstić information content (AvgIpc) is 3.65. The standard InChI is InChI=1S/C40H55N9O3/c1-48(39(51)35-15-6-5-11-30(35)29-50)25-26-49-23-18-32(19-24-49)44-38-36-16-7-8-17-37(36)45-40(46-38)43-28-33-27-34(52-47-33)14-9-20-41-21-10-22-42-31-12-3-2-4-13-31/h5-8,11,15-17,27,29,31-32,41-42H,2-4,9-10,12-14,18-26,28H2,1H3,(H2,43,44,45,46). The predicted molar refractivity (Wildman–Crippen MR) is 206 cm³/mol. The van der Waals surface area contributed by atoms with Gasteiger partial charge in [-0.25, -0.2) is 4.98 Å². The minimum atomic E-state index is -0.130. The number of nitrogens with zero attached hydrogens (tertiary/aromatic N) is 5. The van der Waals surface area contributed by atoms with Crippen LogP contribution >= 0.6 is 0 Å². The number of para-hydroxylation sites is 1. The quantitative estimate of drug-likeness (QED) is 0.0722. The van der Waals surface area contributed by atoms with Gasteiger partial charge >= 0.3 is 0 Å². The van der Waals surface area contributed by atoms with E-state index in [0.717, 1.165) is 112 Å². The molecular formula is C40H55N9O3. The summed E-state index contributed by atoms with van der Waals surface area (Å²) in [5, 5.41) is 19.6. The first-order chi connectivity index (χ1) is 25.6. The molecule has 1 saturated heterocycles. The SMILES string of the molecule is CN(CCN1CCC(Nc2nc(NCc3cc(CCCNCCCNC4CCCCC4)on3)nc3ccccc23)CC1)C(=O)c1ccccc1C=O. The number of aryl methyl sites for hydroxylation is 1. The van der Waals surface area contributed by atoms with Crippen molar-refractivity contribution in [2.75, 3.05) is 63.5 Å². The molecule has 278 valence electrons. The van der Waals surface area contributed by atoms with E-state index in [9.17, 15) is 9.59 Å². The molecule has 1 aliphatic carbocycles. The number of amides is 1. The number of likely N-dealkylation sites (N-methyl/N-ethyl adjacent to an activating group) is 1. The van der Waals surface area contributed by atoms with Crippen LogP contribution in [0, 0.1) is 0 Å². The number of hydrogen-bond acceptors (Lipinski definition) is 11. The van der Waals surface area contributed by atoms with E-state index in [2.05, 4.69) is 37.4 Å². The van der Waals surface area contributed by atoms with E-state index in [0.29, 0.717) is 30.2 Å². The van der Waals surface area contributed by atoms with Crippen molar-refractivity contribution >= 4 is 34.9 Å². The summed E-state index contributed by atoms with van der Waals surface area (Å²) in [5.41, 5.74) is 2.57. The van der Waals surface area contributed by atoms with Gasteiger partial charge in [-0.3, -0.25) is 9.59 Å². The predicted octanol–water partition coefficient (Wildman–Crippen LogP) is 5.53. The van der Waals surface area contributed by atoms with Gasteiger partial charge < -0.3 is 35.6 Å². The summed E-state index contributed by atoms with van der Waals surface area (Å²) < 4.78 is 5.62. The number of likely N-dealkylation sites (tertiary alicyclic amines) is 1. The van der Waals surface area contributed by atoms with Crippen molar-refractivity contribution in [3.8, 4) is 0 Å². The van der Waals surface area contributed by atoms with Gasteiger partial charge in [0.15, 0.2) is 6.29 Å². The fourth-order valence-electron chi connectivity index (χ4n) is 7.22. The minimum absolute atomic E-state index is 0.130. The number of rotatable bonds is 19. The number of hydrogen-bond donors (Lipinski definition) is 4. The number of piperidine rings is 1. The Hall–Kier alpha value is -4.39. The molecule has 12 heteroatoms. The second-order valence-corrected chi connectivity index (χ2v) is 14.2. The van der Waals surface area contributed by atoms with Crippen LogP contribution in [0.2, 0.25) is 0 Å². The molecule has 4 aromatic rings. The van der Waals surface area contributed by atoms with Crippen LogP contribution in [0.3, 0.4) is 0 Å². The molecule has 52 heavy (non-hydrogen) atoms. The zero-order valence-electron chi connectivity index (χ0n) is 30.6. The topological polar surface area (TPSA) is 141 Å². The van der Waals surface area contributed by atoms with Gasteiger partial charge in [-0.1, -0.05) is 54.8 Å². The molecule has 0 radical (unpaired) electrons. The normalized spacial score (nSPS) is 15.9. The van der Waals surface area contributed by atoms with Crippen molar-refractivity contribution in [1.82, 2.24) is 35.6 Å². The van der Waals surface area contributed by atoms with Crippen LogP contribution in [0.25, 0.3) is 10.9 Å². The molecule has 3 heterocycles. The minimum Gasteiger partial charge on any atom is -0.367 e. The summed E-state index contributed by atoms with van der Waals surface area (Å²) in [5.74, 6) is 2.14. The highest BCUT2D eigenvalue weighted by Gasteiger charge is 2.22. The lowest BCUT2D eigenvalue weighted by atomic mass is 9.95.